The Morgan fingerprint density at radius 1 is 0.605 bits per heavy atom. The van der Waals surface area contributed by atoms with Crippen LogP contribution in [0.3, 0.4) is 0 Å². The molecular formula is C38H19N3OS. The second-order valence-electron chi connectivity index (χ2n) is 10.7. The van der Waals surface area contributed by atoms with E-state index in [2.05, 4.69) is 89.5 Å². The normalized spacial score (nSPS) is 11.7. The van der Waals surface area contributed by atoms with Crippen LogP contribution in [0.5, 0.6) is 0 Å². The molecule has 198 valence electrons. The van der Waals surface area contributed by atoms with E-state index in [0.717, 1.165) is 49.8 Å². The summed E-state index contributed by atoms with van der Waals surface area (Å²) < 4.78 is 10.9. The average molecular weight is 566 g/mol. The third kappa shape index (κ3) is 3.29. The van der Waals surface area contributed by atoms with Gasteiger partial charge < -0.3 is 8.98 Å². The van der Waals surface area contributed by atoms with Crippen LogP contribution in [0.1, 0.15) is 11.1 Å². The highest BCUT2D eigenvalue weighted by Crippen LogP contribution is 2.45. The number of rotatable bonds is 2. The lowest BCUT2D eigenvalue weighted by atomic mass is 9.96. The number of hydrogen-bond donors (Lipinski definition) is 0. The van der Waals surface area contributed by atoms with Crippen molar-refractivity contribution in [1.82, 2.24) is 4.57 Å². The number of benzene rings is 6. The molecule has 0 saturated carbocycles. The minimum Gasteiger partial charge on any atom is -0.456 e. The Balaban J connectivity index is 1.39. The summed E-state index contributed by atoms with van der Waals surface area (Å²) in [6.45, 7) is 0. The van der Waals surface area contributed by atoms with E-state index in [9.17, 15) is 10.5 Å². The number of para-hydroxylation sites is 1. The monoisotopic (exact) mass is 565 g/mol. The van der Waals surface area contributed by atoms with Crippen LogP contribution >= 0.6 is 11.3 Å². The summed E-state index contributed by atoms with van der Waals surface area (Å²) >= 11 is 1.83. The molecule has 0 unspecified atom stereocenters. The number of furan rings is 1. The highest BCUT2D eigenvalue weighted by molar-refractivity contribution is 7.26. The van der Waals surface area contributed by atoms with Crippen LogP contribution in [0.25, 0.3) is 80.7 Å². The van der Waals surface area contributed by atoms with Crippen molar-refractivity contribution in [2.75, 3.05) is 0 Å². The van der Waals surface area contributed by atoms with Gasteiger partial charge in [0, 0.05) is 47.3 Å². The standard InChI is InChI=1S/C38H19N3OS/c39-20-22-12-16-33-28(18-22)29-19-23(13-17-34(29)42-33)36-24(21-40)6-5-10-31(36)41-30-9-3-1-8-27(30)37-32(41)15-14-26-25-7-2-4-11-35(25)43-38(26)37/h1-19H. The van der Waals surface area contributed by atoms with Crippen molar-refractivity contribution in [3.05, 3.63) is 126 Å². The zero-order chi connectivity index (χ0) is 28.7. The van der Waals surface area contributed by atoms with Gasteiger partial charge in [0.1, 0.15) is 11.2 Å². The van der Waals surface area contributed by atoms with Gasteiger partial charge in [-0.2, -0.15) is 10.5 Å². The quantitative estimate of drug-likeness (QED) is 0.209. The molecule has 3 heterocycles. The first kappa shape index (κ1) is 23.8. The molecule has 43 heavy (non-hydrogen) atoms. The smallest absolute Gasteiger partial charge is 0.135 e. The molecule has 0 atom stereocenters. The Morgan fingerprint density at radius 3 is 2.26 bits per heavy atom. The van der Waals surface area contributed by atoms with Crippen LogP contribution in [0.4, 0.5) is 0 Å². The van der Waals surface area contributed by atoms with Crippen molar-refractivity contribution in [2.45, 2.75) is 0 Å². The van der Waals surface area contributed by atoms with Gasteiger partial charge in [0.2, 0.25) is 0 Å². The fraction of sp³-hybridized carbons (Fsp3) is 0. The van der Waals surface area contributed by atoms with Gasteiger partial charge in [0.05, 0.1) is 40.0 Å². The molecule has 0 spiro atoms. The third-order valence-electron chi connectivity index (χ3n) is 8.47. The minimum atomic E-state index is 0.580. The Morgan fingerprint density at radius 2 is 1.40 bits per heavy atom. The summed E-state index contributed by atoms with van der Waals surface area (Å²) in [5.41, 5.74) is 7.56. The van der Waals surface area contributed by atoms with E-state index in [1.165, 1.54) is 30.9 Å². The van der Waals surface area contributed by atoms with Crippen molar-refractivity contribution in [1.29, 1.82) is 10.5 Å². The predicted octanol–water partition coefficient (Wildman–Crippen LogP) is 10.5. The lowest BCUT2D eigenvalue weighted by molar-refractivity contribution is 0.669. The SMILES string of the molecule is N#Cc1ccc2oc3ccc(-c4c(C#N)cccc4-n4c5ccccc5c5c6sc7ccccc7c6ccc54)cc3c2c1. The van der Waals surface area contributed by atoms with E-state index < -0.39 is 0 Å². The molecule has 5 heteroatoms. The molecule has 0 fully saturated rings. The molecule has 3 aromatic heterocycles. The number of thiophene rings is 1. The molecule has 9 aromatic rings. The van der Waals surface area contributed by atoms with E-state index >= 15 is 0 Å². The molecule has 0 aliphatic carbocycles. The van der Waals surface area contributed by atoms with Gasteiger partial charge in [-0.15, -0.1) is 11.3 Å². The van der Waals surface area contributed by atoms with Crippen LogP contribution in [-0.2, 0) is 0 Å². The Bertz CT molecular complexity index is 2710. The lowest BCUT2D eigenvalue weighted by Gasteiger charge is -2.15. The number of nitrogens with zero attached hydrogens (tertiary/aromatic N) is 3. The molecule has 0 amide bonds. The van der Waals surface area contributed by atoms with Crippen molar-refractivity contribution < 1.29 is 4.42 Å². The van der Waals surface area contributed by atoms with Crippen LogP contribution in [0, 0.1) is 22.7 Å². The molecule has 0 radical (unpaired) electrons. The van der Waals surface area contributed by atoms with Crippen LogP contribution in [0.15, 0.2) is 120 Å². The maximum Gasteiger partial charge on any atom is 0.135 e. The Hall–Kier alpha value is -5.88. The first-order chi connectivity index (χ1) is 21.2. The Labute approximate surface area is 249 Å². The topological polar surface area (TPSA) is 65.7 Å². The van der Waals surface area contributed by atoms with Gasteiger partial charge in [0.15, 0.2) is 0 Å². The number of nitriles is 2. The van der Waals surface area contributed by atoms with Gasteiger partial charge in [0.25, 0.3) is 0 Å². The zero-order valence-electron chi connectivity index (χ0n) is 22.6. The van der Waals surface area contributed by atoms with Crippen molar-refractivity contribution in [3.8, 4) is 29.0 Å². The third-order valence-corrected chi connectivity index (χ3v) is 9.68. The van der Waals surface area contributed by atoms with Crippen molar-refractivity contribution in [2.24, 2.45) is 0 Å². The van der Waals surface area contributed by atoms with Gasteiger partial charge in [-0.1, -0.05) is 54.6 Å². The second-order valence-corrected chi connectivity index (χ2v) is 11.8. The minimum absolute atomic E-state index is 0.580. The van der Waals surface area contributed by atoms with Crippen molar-refractivity contribution >= 4 is 75.3 Å². The van der Waals surface area contributed by atoms with E-state index in [1.54, 1.807) is 6.07 Å². The molecule has 9 rings (SSSR count). The fourth-order valence-corrected chi connectivity index (χ4v) is 7.88. The highest BCUT2D eigenvalue weighted by atomic mass is 32.1. The molecular weight excluding hydrogens is 547 g/mol. The van der Waals surface area contributed by atoms with Gasteiger partial charge in [-0.3, -0.25) is 0 Å². The predicted molar refractivity (Wildman–Crippen MR) is 176 cm³/mol. The van der Waals surface area contributed by atoms with Gasteiger partial charge in [-0.25, -0.2) is 0 Å². The van der Waals surface area contributed by atoms with Crippen LogP contribution < -0.4 is 0 Å². The summed E-state index contributed by atoms with van der Waals surface area (Å²) in [5.74, 6) is 0. The Kier molecular flexibility index (Phi) is 4.87. The van der Waals surface area contributed by atoms with Crippen molar-refractivity contribution in [3.63, 3.8) is 0 Å². The van der Waals surface area contributed by atoms with E-state index in [1.807, 2.05) is 47.7 Å². The maximum atomic E-state index is 10.4. The number of fused-ring (bicyclic) bond motifs is 10. The molecule has 0 bridgehead atoms. The number of hydrogen-bond acceptors (Lipinski definition) is 4. The average Bonchev–Trinajstić information content (AvgIpc) is 3.73. The molecule has 0 aliphatic rings. The summed E-state index contributed by atoms with van der Waals surface area (Å²) in [7, 11) is 0. The second kappa shape index (κ2) is 8.81. The molecule has 0 saturated heterocycles. The van der Waals surface area contributed by atoms with Crippen LogP contribution in [0.2, 0.25) is 0 Å². The molecule has 6 aromatic carbocycles. The summed E-state index contributed by atoms with van der Waals surface area (Å²) in [5, 5.41) is 26.6. The molecule has 0 N–H and O–H groups in total. The van der Waals surface area contributed by atoms with Crippen LogP contribution in [-0.4, -0.2) is 4.57 Å². The van der Waals surface area contributed by atoms with E-state index in [0.29, 0.717) is 11.1 Å². The fourth-order valence-electron chi connectivity index (χ4n) is 6.62. The summed E-state index contributed by atoms with van der Waals surface area (Å²) in [6, 6.07) is 43.7. The highest BCUT2D eigenvalue weighted by Gasteiger charge is 2.21. The zero-order valence-corrected chi connectivity index (χ0v) is 23.4. The summed E-state index contributed by atoms with van der Waals surface area (Å²) in [4.78, 5) is 0. The van der Waals surface area contributed by atoms with Gasteiger partial charge in [-0.05, 0) is 66.2 Å². The maximum absolute atomic E-state index is 10.4. The first-order valence-electron chi connectivity index (χ1n) is 14.0. The first-order valence-corrected chi connectivity index (χ1v) is 14.8. The largest absolute Gasteiger partial charge is 0.456 e. The molecule has 4 nitrogen and oxygen atoms in total. The van der Waals surface area contributed by atoms with E-state index in [-0.39, 0.29) is 0 Å². The van der Waals surface area contributed by atoms with E-state index in [4.69, 9.17) is 4.42 Å². The molecule has 0 aliphatic heterocycles. The van der Waals surface area contributed by atoms with Gasteiger partial charge >= 0.3 is 0 Å². The lowest BCUT2D eigenvalue weighted by Crippen LogP contribution is -1.99. The summed E-state index contributed by atoms with van der Waals surface area (Å²) in [6.07, 6.45) is 0. The number of aromatic nitrogens is 1.